The maximum atomic E-state index is 12.6. The maximum Gasteiger partial charge on any atom is 0.277 e. The standard InChI is InChI=1S/C20H20N2O5S/c1-12(18(23)13-5-7-14(24-2)8-6-13)28-20-22-21-19(27-20)16-10-9-15(25-3)11-17(16)26-4/h5-12H,1-4H3. The van der Waals surface area contributed by atoms with Gasteiger partial charge < -0.3 is 18.6 Å². The lowest BCUT2D eigenvalue weighted by Gasteiger charge is -2.08. The first-order chi connectivity index (χ1) is 13.5. The van der Waals surface area contributed by atoms with Gasteiger partial charge in [-0.25, -0.2) is 0 Å². The first-order valence-corrected chi connectivity index (χ1v) is 9.34. The molecule has 28 heavy (non-hydrogen) atoms. The summed E-state index contributed by atoms with van der Waals surface area (Å²) in [6.45, 7) is 1.80. The van der Waals surface area contributed by atoms with E-state index < -0.39 is 0 Å². The number of thioether (sulfide) groups is 1. The van der Waals surface area contributed by atoms with E-state index in [0.29, 0.717) is 39.5 Å². The number of nitrogens with zero attached hydrogens (tertiary/aromatic N) is 2. The highest BCUT2D eigenvalue weighted by Crippen LogP contribution is 2.34. The van der Waals surface area contributed by atoms with Crippen LogP contribution in [-0.4, -0.2) is 42.6 Å². The van der Waals surface area contributed by atoms with Gasteiger partial charge in [-0.2, -0.15) is 0 Å². The molecule has 2 aromatic carbocycles. The summed E-state index contributed by atoms with van der Waals surface area (Å²) in [5.41, 5.74) is 1.24. The topological polar surface area (TPSA) is 83.7 Å². The summed E-state index contributed by atoms with van der Waals surface area (Å²) < 4.78 is 21.4. The molecule has 0 aliphatic carbocycles. The molecule has 1 aromatic heterocycles. The van der Waals surface area contributed by atoms with Gasteiger partial charge in [0.1, 0.15) is 17.2 Å². The van der Waals surface area contributed by atoms with Crippen LogP contribution in [0, 0.1) is 0 Å². The third kappa shape index (κ3) is 4.28. The summed E-state index contributed by atoms with van der Waals surface area (Å²) in [6, 6.07) is 12.3. The second kappa shape index (κ2) is 8.79. The molecule has 3 rings (SSSR count). The number of methoxy groups -OCH3 is 3. The average molecular weight is 400 g/mol. The first kappa shape index (κ1) is 19.8. The summed E-state index contributed by atoms with van der Waals surface area (Å²) in [5.74, 6) is 2.20. The number of ketones is 1. The van der Waals surface area contributed by atoms with E-state index in [2.05, 4.69) is 10.2 Å². The van der Waals surface area contributed by atoms with Crippen molar-refractivity contribution in [2.45, 2.75) is 17.4 Å². The average Bonchev–Trinajstić information content (AvgIpc) is 3.20. The van der Waals surface area contributed by atoms with Crippen LogP contribution in [0.5, 0.6) is 17.2 Å². The van der Waals surface area contributed by atoms with Gasteiger partial charge in [0.15, 0.2) is 5.78 Å². The molecule has 1 heterocycles. The molecule has 0 saturated carbocycles. The van der Waals surface area contributed by atoms with Gasteiger partial charge in [0.25, 0.3) is 11.1 Å². The van der Waals surface area contributed by atoms with Crippen LogP contribution < -0.4 is 14.2 Å². The van der Waals surface area contributed by atoms with E-state index in [4.69, 9.17) is 18.6 Å². The van der Waals surface area contributed by atoms with Gasteiger partial charge in [-0.05, 0) is 43.3 Å². The van der Waals surface area contributed by atoms with Crippen LogP contribution in [0.1, 0.15) is 17.3 Å². The molecule has 0 spiro atoms. The number of hydrogen-bond donors (Lipinski definition) is 0. The van der Waals surface area contributed by atoms with Gasteiger partial charge >= 0.3 is 0 Å². The van der Waals surface area contributed by atoms with Crippen LogP contribution in [-0.2, 0) is 0 Å². The molecule has 0 fully saturated rings. The second-order valence-electron chi connectivity index (χ2n) is 5.79. The zero-order chi connectivity index (χ0) is 20.1. The molecule has 0 saturated heterocycles. The van der Waals surface area contributed by atoms with Gasteiger partial charge in [0.2, 0.25) is 0 Å². The van der Waals surface area contributed by atoms with Crippen molar-refractivity contribution < 1.29 is 23.4 Å². The van der Waals surface area contributed by atoms with Crippen LogP contribution in [0.4, 0.5) is 0 Å². The Morgan fingerprint density at radius 3 is 2.29 bits per heavy atom. The summed E-state index contributed by atoms with van der Waals surface area (Å²) in [4.78, 5) is 12.6. The number of hydrogen-bond acceptors (Lipinski definition) is 8. The molecule has 3 aromatic rings. The molecule has 7 nitrogen and oxygen atoms in total. The van der Waals surface area contributed by atoms with Crippen molar-refractivity contribution in [2.75, 3.05) is 21.3 Å². The highest BCUT2D eigenvalue weighted by Gasteiger charge is 2.21. The van der Waals surface area contributed by atoms with Gasteiger partial charge in [-0.3, -0.25) is 4.79 Å². The first-order valence-electron chi connectivity index (χ1n) is 8.46. The Bertz CT molecular complexity index is 955. The fourth-order valence-electron chi connectivity index (χ4n) is 2.54. The van der Waals surface area contributed by atoms with Crippen LogP contribution in [0.25, 0.3) is 11.5 Å². The van der Waals surface area contributed by atoms with Crippen LogP contribution in [0.3, 0.4) is 0 Å². The molecule has 146 valence electrons. The molecule has 0 N–H and O–H groups in total. The number of carbonyl (C=O) groups is 1. The highest BCUT2D eigenvalue weighted by atomic mass is 32.2. The summed E-state index contributed by atoms with van der Waals surface area (Å²) in [5, 5.41) is 8.03. The third-order valence-electron chi connectivity index (χ3n) is 4.07. The summed E-state index contributed by atoms with van der Waals surface area (Å²) >= 11 is 1.21. The number of aromatic nitrogens is 2. The molecule has 0 bridgehead atoms. The van der Waals surface area contributed by atoms with Gasteiger partial charge in [0.05, 0.1) is 32.1 Å². The Morgan fingerprint density at radius 2 is 1.64 bits per heavy atom. The Kier molecular flexibility index (Phi) is 6.20. The van der Waals surface area contributed by atoms with E-state index in [0.717, 1.165) is 0 Å². The predicted octanol–water partition coefficient (Wildman–Crippen LogP) is 4.13. The van der Waals surface area contributed by atoms with E-state index in [9.17, 15) is 4.79 Å². The number of Topliss-reactive ketones (excluding diaryl/α,β-unsaturated/α-hetero) is 1. The van der Waals surface area contributed by atoms with Crippen molar-refractivity contribution in [3.63, 3.8) is 0 Å². The monoisotopic (exact) mass is 400 g/mol. The largest absolute Gasteiger partial charge is 0.497 e. The fraction of sp³-hybridized carbons (Fsp3) is 0.250. The van der Waals surface area contributed by atoms with E-state index in [1.54, 1.807) is 70.7 Å². The quantitative estimate of drug-likeness (QED) is 0.412. The van der Waals surface area contributed by atoms with Crippen molar-refractivity contribution in [1.82, 2.24) is 10.2 Å². The highest BCUT2D eigenvalue weighted by molar-refractivity contribution is 8.00. The summed E-state index contributed by atoms with van der Waals surface area (Å²) in [6.07, 6.45) is 0. The summed E-state index contributed by atoms with van der Waals surface area (Å²) in [7, 11) is 4.72. The second-order valence-corrected chi connectivity index (χ2v) is 7.08. The Hall–Kier alpha value is -3.00. The molecule has 8 heteroatoms. The molecule has 0 aliphatic heterocycles. The Morgan fingerprint density at radius 1 is 0.964 bits per heavy atom. The van der Waals surface area contributed by atoms with Crippen LogP contribution in [0.2, 0.25) is 0 Å². The maximum absolute atomic E-state index is 12.6. The molecule has 0 aliphatic rings. The van der Waals surface area contributed by atoms with E-state index in [-0.39, 0.29) is 11.0 Å². The number of rotatable bonds is 8. The molecule has 0 amide bonds. The number of ether oxygens (including phenoxy) is 3. The molecule has 1 unspecified atom stereocenters. The lowest BCUT2D eigenvalue weighted by Crippen LogP contribution is -2.13. The molecular formula is C20H20N2O5S. The lowest BCUT2D eigenvalue weighted by atomic mass is 10.1. The van der Waals surface area contributed by atoms with Gasteiger partial charge in [-0.15, -0.1) is 10.2 Å². The Labute approximate surface area is 167 Å². The number of benzene rings is 2. The van der Waals surface area contributed by atoms with E-state index in [1.165, 1.54) is 11.8 Å². The molecule has 0 radical (unpaired) electrons. The smallest absolute Gasteiger partial charge is 0.277 e. The van der Waals surface area contributed by atoms with Crippen molar-refractivity contribution in [2.24, 2.45) is 0 Å². The van der Waals surface area contributed by atoms with Crippen molar-refractivity contribution in [3.8, 4) is 28.7 Å². The van der Waals surface area contributed by atoms with Crippen molar-refractivity contribution >= 4 is 17.5 Å². The Balaban J connectivity index is 1.74. The van der Waals surface area contributed by atoms with Crippen molar-refractivity contribution in [1.29, 1.82) is 0 Å². The number of carbonyl (C=O) groups excluding carboxylic acids is 1. The minimum atomic E-state index is -0.389. The van der Waals surface area contributed by atoms with E-state index in [1.807, 2.05) is 0 Å². The van der Waals surface area contributed by atoms with Crippen molar-refractivity contribution in [3.05, 3.63) is 48.0 Å². The third-order valence-corrected chi connectivity index (χ3v) is 5.00. The van der Waals surface area contributed by atoms with E-state index >= 15 is 0 Å². The van der Waals surface area contributed by atoms with Gasteiger partial charge in [-0.1, -0.05) is 11.8 Å². The van der Waals surface area contributed by atoms with Gasteiger partial charge in [0, 0.05) is 11.6 Å². The minimum Gasteiger partial charge on any atom is -0.497 e. The molecule has 1 atom stereocenters. The SMILES string of the molecule is COc1ccc(C(=O)C(C)Sc2nnc(-c3ccc(OC)cc3OC)o2)cc1. The normalized spacial score (nSPS) is 11.7. The zero-order valence-corrected chi connectivity index (χ0v) is 16.8. The lowest BCUT2D eigenvalue weighted by molar-refractivity contribution is 0.0993. The molecular weight excluding hydrogens is 380 g/mol. The fourth-order valence-corrected chi connectivity index (χ4v) is 3.30. The van der Waals surface area contributed by atoms with Crippen LogP contribution in [0.15, 0.2) is 52.1 Å². The van der Waals surface area contributed by atoms with Crippen LogP contribution >= 0.6 is 11.8 Å². The predicted molar refractivity (Wildman–Crippen MR) is 105 cm³/mol. The zero-order valence-electron chi connectivity index (χ0n) is 16.0. The minimum absolute atomic E-state index is 0.0329.